The van der Waals surface area contributed by atoms with Crippen molar-refractivity contribution in [1.82, 2.24) is 4.90 Å². The number of nitrogens with zero attached hydrogens (tertiary/aromatic N) is 1. The highest BCUT2D eigenvalue weighted by atomic mass is 16.5. The second kappa shape index (κ2) is 5.04. The molecule has 2 unspecified atom stereocenters. The van der Waals surface area contributed by atoms with Gasteiger partial charge in [-0.25, -0.2) is 0 Å². The zero-order valence-electron chi connectivity index (χ0n) is 10.7. The van der Waals surface area contributed by atoms with E-state index in [4.69, 9.17) is 4.74 Å². The van der Waals surface area contributed by atoms with Crippen molar-refractivity contribution in [3.05, 3.63) is 0 Å². The number of carbonyl (C=O) groups is 1. The number of piperidine rings is 1. The van der Waals surface area contributed by atoms with Crippen molar-refractivity contribution in [3.8, 4) is 0 Å². The molecule has 98 valence electrons. The van der Waals surface area contributed by atoms with Gasteiger partial charge in [0.15, 0.2) is 0 Å². The van der Waals surface area contributed by atoms with Crippen molar-refractivity contribution >= 4 is 6.29 Å². The number of hydrogen-bond acceptors (Lipinski definition) is 4. The Kier molecular flexibility index (Phi) is 3.85. The largest absolute Gasteiger partial charge is 0.389 e. The number of β-amino-alcohol motifs (C(OH)–C–C–N with tert-alkyl or cyclic N) is 1. The van der Waals surface area contributed by atoms with E-state index in [-0.39, 0.29) is 5.41 Å². The monoisotopic (exact) mass is 241 g/mol. The van der Waals surface area contributed by atoms with Crippen LogP contribution >= 0.6 is 0 Å². The molecule has 0 aromatic carbocycles. The fourth-order valence-corrected chi connectivity index (χ4v) is 3.03. The van der Waals surface area contributed by atoms with Gasteiger partial charge < -0.3 is 14.6 Å². The fraction of sp³-hybridized carbons (Fsp3) is 0.923. The van der Waals surface area contributed by atoms with Crippen molar-refractivity contribution in [2.24, 2.45) is 5.41 Å². The van der Waals surface area contributed by atoms with Gasteiger partial charge in [0.05, 0.1) is 17.6 Å². The van der Waals surface area contributed by atoms with E-state index in [2.05, 4.69) is 4.90 Å². The van der Waals surface area contributed by atoms with Crippen LogP contribution in [0.1, 0.15) is 32.6 Å². The minimum atomic E-state index is -0.599. The number of aliphatic hydroxyl groups is 1. The molecule has 2 rings (SSSR count). The maximum absolute atomic E-state index is 11.3. The third kappa shape index (κ3) is 3.27. The molecule has 0 amide bonds. The zero-order valence-corrected chi connectivity index (χ0v) is 10.7. The van der Waals surface area contributed by atoms with E-state index >= 15 is 0 Å². The molecule has 2 atom stereocenters. The first-order chi connectivity index (χ1) is 8.05. The van der Waals surface area contributed by atoms with Gasteiger partial charge in [0.1, 0.15) is 6.29 Å². The Morgan fingerprint density at radius 1 is 1.41 bits per heavy atom. The van der Waals surface area contributed by atoms with Crippen LogP contribution in [0, 0.1) is 5.41 Å². The molecule has 2 heterocycles. The van der Waals surface area contributed by atoms with Crippen LogP contribution < -0.4 is 0 Å². The van der Waals surface area contributed by atoms with Crippen LogP contribution in [0.3, 0.4) is 0 Å². The first kappa shape index (κ1) is 13.0. The summed E-state index contributed by atoms with van der Waals surface area (Å²) < 4.78 is 5.45. The van der Waals surface area contributed by atoms with Crippen molar-refractivity contribution in [1.29, 1.82) is 0 Å². The Balaban J connectivity index is 1.96. The Morgan fingerprint density at radius 2 is 2.24 bits per heavy atom. The molecular formula is C13H23NO3. The molecule has 0 aromatic rings. The minimum Gasteiger partial charge on any atom is -0.389 e. The van der Waals surface area contributed by atoms with Crippen LogP contribution in [0.2, 0.25) is 0 Å². The van der Waals surface area contributed by atoms with Crippen LogP contribution in [-0.4, -0.2) is 54.7 Å². The van der Waals surface area contributed by atoms with Gasteiger partial charge in [-0.05, 0) is 39.2 Å². The number of ether oxygens (including phenoxy) is 1. The smallest absolute Gasteiger partial charge is 0.129 e. The fourth-order valence-electron chi connectivity index (χ4n) is 3.03. The standard InChI is InChI=1S/C13H23NO3/c1-12(16)4-2-6-14(8-12)9-13(10-15)5-3-7-17-11-13/h10,16H,2-9,11H2,1H3. The summed E-state index contributed by atoms with van der Waals surface area (Å²) in [5.41, 5.74) is -0.941. The molecule has 2 aliphatic rings. The van der Waals surface area contributed by atoms with Crippen LogP contribution in [-0.2, 0) is 9.53 Å². The minimum absolute atomic E-state index is 0.342. The maximum atomic E-state index is 11.3. The van der Waals surface area contributed by atoms with Crippen molar-refractivity contribution in [2.75, 3.05) is 32.8 Å². The molecule has 4 nitrogen and oxygen atoms in total. The summed E-state index contributed by atoms with van der Waals surface area (Å²) in [4.78, 5) is 13.6. The lowest BCUT2D eigenvalue weighted by molar-refractivity contribution is -0.127. The van der Waals surface area contributed by atoms with E-state index in [0.717, 1.165) is 51.7 Å². The lowest BCUT2D eigenvalue weighted by atomic mass is 9.82. The van der Waals surface area contributed by atoms with E-state index in [0.29, 0.717) is 13.2 Å². The molecule has 0 aliphatic carbocycles. The molecule has 0 aromatic heterocycles. The van der Waals surface area contributed by atoms with E-state index < -0.39 is 5.60 Å². The molecule has 2 fully saturated rings. The average molecular weight is 241 g/mol. The molecule has 2 saturated heterocycles. The number of likely N-dealkylation sites (tertiary alicyclic amines) is 1. The van der Waals surface area contributed by atoms with Crippen LogP contribution in [0.25, 0.3) is 0 Å². The van der Waals surface area contributed by atoms with Gasteiger partial charge in [-0.2, -0.15) is 0 Å². The summed E-state index contributed by atoms with van der Waals surface area (Å²) in [6.45, 7) is 5.56. The summed E-state index contributed by atoms with van der Waals surface area (Å²) in [5.74, 6) is 0. The highest BCUT2D eigenvalue weighted by Gasteiger charge is 2.37. The molecule has 1 N–H and O–H groups in total. The van der Waals surface area contributed by atoms with Crippen LogP contribution in [0.4, 0.5) is 0 Å². The van der Waals surface area contributed by atoms with Crippen molar-refractivity contribution in [3.63, 3.8) is 0 Å². The maximum Gasteiger partial charge on any atom is 0.129 e. The topological polar surface area (TPSA) is 49.8 Å². The first-order valence-electron chi connectivity index (χ1n) is 6.54. The Labute approximate surface area is 103 Å². The summed E-state index contributed by atoms with van der Waals surface area (Å²) in [5, 5.41) is 10.1. The van der Waals surface area contributed by atoms with Gasteiger partial charge >= 0.3 is 0 Å². The van der Waals surface area contributed by atoms with Gasteiger partial charge in [-0.3, -0.25) is 4.90 Å². The lowest BCUT2D eigenvalue weighted by Crippen LogP contribution is -2.52. The highest BCUT2D eigenvalue weighted by Crippen LogP contribution is 2.30. The molecule has 0 saturated carbocycles. The molecular weight excluding hydrogens is 218 g/mol. The molecule has 4 heteroatoms. The van der Waals surface area contributed by atoms with Crippen molar-refractivity contribution in [2.45, 2.75) is 38.2 Å². The molecule has 0 spiro atoms. The SMILES string of the molecule is CC1(O)CCCN(CC2(C=O)CCCOC2)C1. The third-order valence-electron chi connectivity index (χ3n) is 3.90. The molecule has 2 aliphatic heterocycles. The van der Waals surface area contributed by atoms with Gasteiger partial charge in [0.2, 0.25) is 0 Å². The van der Waals surface area contributed by atoms with Crippen LogP contribution in [0.15, 0.2) is 0 Å². The Hall–Kier alpha value is -0.450. The predicted octanol–water partition coefficient (Wildman–Crippen LogP) is 0.829. The summed E-state index contributed by atoms with van der Waals surface area (Å²) in [6, 6.07) is 0. The van der Waals surface area contributed by atoms with E-state index in [1.807, 2.05) is 6.92 Å². The van der Waals surface area contributed by atoms with E-state index in [1.165, 1.54) is 0 Å². The highest BCUT2D eigenvalue weighted by molar-refractivity contribution is 5.60. The summed E-state index contributed by atoms with van der Waals surface area (Å²) in [6.07, 6.45) is 4.80. The predicted molar refractivity (Wildman–Crippen MR) is 64.8 cm³/mol. The van der Waals surface area contributed by atoms with Gasteiger partial charge in [-0.1, -0.05) is 0 Å². The normalized spacial score (nSPS) is 40.1. The second-order valence-corrected chi connectivity index (χ2v) is 5.95. The number of aldehydes is 1. The number of rotatable bonds is 3. The number of carbonyl (C=O) groups excluding carboxylic acids is 1. The van der Waals surface area contributed by atoms with Crippen LogP contribution in [0.5, 0.6) is 0 Å². The average Bonchev–Trinajstić information content (AvgIpc) is 2.29. The quantitative estimate of drug-likeness (QED) is 0.744. The Morgan fingerprint density at radius 3 is 2.82 bits per heavy atom. The number of hydrogen-bond donors (Lipinski definition) is 1. The summed E-state index contributed by atoms with van der Waals surface area (Å²) >= 11 is 0. The second-order valence-electron chi connectivity index (χ2n) is 5.95. The van der Waals surface area contributed by atoms with Gasteiger partial charge in [-0.15, -0.1) is 0 Å². The summed E-state index contributed by atoms with van der Waals surface area (Å²) in [7, 11) is 0. The molecule has 17 heavy (non-hydrogen) atoms. The zero-order chi connectivity index (χ0) is 12.4. The van der Waals surface area contributed by atoms with E-state index in [9.17, 15) is 9.90 Å². The van der Waals surface area contributed by atoms with E-state index in [1.54, 1.807) is 0 Å². The first-order valence-corrected chi connectivity index (χ1v) is 6.54. The van der Waals surface area contributed by atoms with Gasteiger partial charge in [0, 0.05) is 19.7 Å². The molecule has 0 bridgehead atoms. The van der Waals surface area contributed by atoms with Crippen molar-refractivity contribution < 1.29 is 14.6 Å². The Bertz CT molecular complexity index is 272. The third-order valence-corrected chi connectivity index (χ3v) is 3.90. The van der Waals surface area contributed by atoms with Gasteiger partial charge in [0.25, 0.3) is 0 Å². The molecule has 0 radical (unpaired) electrons. The lowest BCUT2D eigenvalue weighted by Gasteiger charge is -2.42.